The zero-order valence-electron chi connectivity index (χ0n) is 12.1. The van der Waals surface area contributed by atoms with Crippen LogP contribution in [0.1, 0.15) is 12.8 Å². The van der Waals surface area contributed by atoms with Crippen LogP contribution in [0.5, 0.6) is 0 Å². The van der Waals surface area contributed by atoms with E-state index in [9.17, 15) is 17.6 Å². The highest BCUT2D eigenvalue weighted by Gasteiger charge is 2.33. The molecule has 2 rings (SSSR count). The van der Waals surface area contributed by atoms with Gasteiger partial charge in [-0.25, -0.2) is 12.8 Å². The standard InChI is InChI=1S/C14H19FN2O3S/c1-16(2)14(18)11-4-3-9-17(10-11)21(19,20)13-7-5-12(15)6-8-13/h5-8,11H,3-4,9-10H2,1-2H3/t11-/m0/s1. The third-order valence-corrected chi connectivity index (χ3v) is 5.50. The fraction of sp³-hybridized carbons (Fsp3) is 0.500. The fourth-order valence-electron chi connectivity index (χ4n) is 2.48. The lowest BCUT2D eigenvalue weighted by molar-refractivity contribution is -0.134. The average Bonchev–Trinajstić information content (AvgIpc) is 2.47. The van der Waals surface area contributed by atoms with Crippen molar-refractivity contribution < 1.29 is 17.6 Å². The van der Waals surface area contributed by atoms with Gasteiger partial charge in [-0.3, -0.25) is 4.79 Å². The van der Waals surface area contributed by atoms with Crippen LogP contribution < -0.4 is 0 Å². The molecule has 0 radical (unpaired) electrons. The van der Waals surface area contributed by atoms with Crippen LogP contribution in [0.4, 0.5) is 4.39 Å². The molecular weight excluding hydrogens is 295 g/mol. The Bertz CT molecular complexity index is 614. The number of sulfonamides is 1. The molecule has 0 N–H and O–H groups in total. The minimum absolute atomic E-state index is 0.0573. The lowest BCUT2D eigenvalue weighted by Gasteiger charge is -2.32. The maximum Gasteiger partial charge on any atom is 0.243 e. The Kier molecular flexibility index (Phi) is 4.63. The van der Waals surface area contributed by atoms with Crippen molar-refractivity contribution >= 4 is 15.9 Å². The van der Waals surface area contributed by atoms with Crippen LogP contribution >= 0.6 is 0 Å². The normalized spacial score (nSPS) is 20.2. The Morgan fingerprint density at radius 3 is 2.48 bits per heavy atom. The highest BCUT2D eigenvalue weighted by molar-refractivity contribution is 7.89. The van der Waals surface area contributed by atoms with Gasteiger partial charge in [0.15, 0.2) is 0 Å². The Labute approximate surface area is 124 Å². The van der Waals surface area contributed by atoms with Gasteiger partial charge in [0.2, 0.25) is 15.9 Å². The lowest BCUT2D eigenvalue weighted by Crippen LogP contribution is -2.45. The van der Waals surface area contributed by atoms with Gasteiger partial charge in [-0.1, -0.05) is 0 Å². The summed E-state index contributed by atoms with van der Waals surface area (Å²) in [6.07, 6.45) is 1.33. The summed E-state index contributed by atoms with van der Waals surface area (Å²) in [6.45, 7) is 0.563. The van der Waals surface area contributed by atoms with Gasteiger partial charge in [0, 0.05) is 27.2 Å². The van der Waals surface area contributed by atoms with Crippen molar-refractivity contribution in [1.82, 2.24) is 9.21 Å². The van der Waals surface area contributed by atoms with Crippen molar-refractivity contribution in [3.05, 3.63) is 30.1 Å². The Balaban J connectivity index is 2.20. The minimum Gasteiger partial charge on any atom is -0.349 e. The molecule has 0 bridgehead atoms. The van der Waals surface area contributed by atoms with Crippen molar-refractivity contribution in [2.45, 2.75) is 17.7 Å². The molecule has 1 heterocycles. The molecule has 1 aromatic rings. The smallest absolute Gasteiger partial charge is 0.243 e. The Morgan fingerprint density at radius 2 is 1.90 bits per heavy atom. The van der Waals surface area contributed by atoms with Gasteiger partial charge >= 0.3 is 0 Å². The minimum atomic E-state index is -3.68. The van der Waals surface area contributed by atoms with Gasteiger partial charge in [-0.05, 0) is 37.1 Å². The van der Waals surface area contributed by atoms with Crippen LogP contribution in [0.15, 0.2) is 29.2 Å². The van der Waals surface area contributed by atoms with Gasteiger partial charge in [0.1, 0.15) is 5.82 Å². The number of benzene rings is 1. The molecule has 0 saturated carbocycles. The van der Waals surface area contributed by atoms with Crippen molar-refractivity contribution in [3.63, 3.8) is 0 Å². The van der Waals surface area contributed by atoms with E-state index in [0.717, 1.165) is 12.1 Å². The molecule has 0 aliphatic carbocycles. The maximum absolute atomic E-state index is 12.9. The first-order chi connectivity index (χ1) is 9.82. The van der Waals surface area contributed by atoms with E-state index in [0.29, 0.717) is 19.4 Å². The summed E-state index contributed by atoms with van der Waals surface area (Å²) in [5, 5.41) is 0. The second-order valence-electron chi connectivity index (χ2n) is 5.39. The second-order valence-corrected chi connectivity index (χ2v) is 7.33. The number of hydrogen-bond donors (Lipinski definition) is 0. The second kappa shape index (κ2) is 6.11. The molecule has 1 aromatic carbocycles. The molecule has 5 nitrogen and oxygen atoms in total. The monoisotopic (exact) mass is 314 g/mol. The highest BCUT2D eigenvalue weighted by Crippen LogP contribution is 2.24. The van der Waals surface area contributed by atoms with E-state index in [4.69, 9.17) is 0 Å². The Hall–Kier alpha value is -1.47. The molecule has 116 valence electrons. The number of carbonyl (C=O) groups is 1. The van der Waals surface area contributed by atoms with Gasteiger partial charge in [-0.15, -0.1) is 0 Å². The molecule has 0 aromatic heterocycles. The van der Waals surface area contributed by atoms with Crippen molar-refractivity contribution in [3.8, 4) is 0 Å². The molecule has 1 fully saturated rings. The van der Waals surface area contributed by atoms with Gasteiger partial charge in [0.05, 0.1) is 10.8 Å². The largest absolute Gasteiger partial charge is 0.349 e. The SMILES string of the molecule is CN(C)C(=O)[C@H]1CCCN(S(=O)(=O)c2ccc(F)cc2)C1. The molecular formula is C14H19FN2O3S. The number of halogens is 1. The van der Waals surface area contributed by atoms with Crippen LogP contribution in [0.2, 0.25) is 0 Å². The third kappa shape index (κ3) is 3.41. The molecule has 21 heavy (non-hydrogen) atoms. The van der Waals surface area contributed by atoms with E-state index in [1.54, 1.807) is 14.1 Å². The van der Waals surface area contributed by atoms with Crippen molar-refractivity contribution in [1.29, 1.82) is 0 Å². The zero-order valence-corrected chi connectivity index (χ0v) is 12.9. The molecule has 1 amide bonds. The first-order valence-corrected chi connectivity index (χ1v) is 8.23. The summed E-state index contributed by atoms with van der Waals surface area (Å²) in [6, 6.07) is 4.75. The van der Waals surface area contributed by atoms with Crippen LogP contribution in [-0.4, -0.2) is 50.7 Å². The highest BCUT2D eigenvalue weighted by atomic mass is 32.2. The molecule has 0 spiro atoms. The lowest BCUT2D eigenvalue weighted by atomic mass is 9.98. The molecule has 1 atom stereocenters. The molecule has 1 aliphatic heterocycles. The fourth-order valence-corrected chi connectivity index (χ4v) is 4.01. The van der Waals surface area contributed by atoms with E-state index in [1.165, 1.54) is 21.3 Å². The van der Waals surface area contributed by atoms with Crippen LogP contribution in [0.25, 0.3) is 0 Å². The number of rotatable bonds is 3. The third-order valence-electron chi connectivity index (χ3n) is 3.63. The molecule has 7 heteroatoms. The summed E-state index contributed by atoms with van der Waals surface area (Å²) in [7, 11) is -0.350. The summed E-state index contributed by atoms with van der Waals surface area (Å²) >= 11 is 0. The Morgan fingerprint density at radius 1 is 1.29 bits per heavy atom. The quantitative estimate of drug-likeness (QED) is 0.845. The maximum atomic E-state index is 12.9. The predicted octanol–water partition coefficient (Wildman–Crippen LogP) is 1.31. The van der Waals surface area contributed by atoms with E-state index in [-0.39, 0.29) is 23.3 Å². The number of nitrogens with zero attached hydrogens (tertiary/aromatic N) is 2. The summed E-state index contributed by atoms with van der Waals surface area (Å²) in [5.41, 5.74) is 0. The first-order valence-electron chi connectivity index (χ1n) is 6.79. The predicted molar refractivity (Wildman–Crippen MR) is 76.6 cm³/mol. The summed E-state index contributed by atoms with van der Waals surface area (Å²) in [4.78, 5) is 13.5. The van der Waals surface area contributed by atoms with Crippen molar-refractivity contribution in [2.24, 2.45) is 5.92 Å². The number of amides is 1. The van der Waals surface area contributed by atoms with Crippen molar-refractivity contribution in [2.75, 3.05) is 27.2 Å². The van der Waals surface area contributed by atoms with Gasteiger partial charge in [0.25, 0.3) is 0 Å². The number of hydrogen-bond acceptors (Lipinski definition) is 3. The van der Waals surface area contributed by atoms with E-state index < -0.39 is 15.8 Å². The van der Waals surface area contributed by atoms with E-state index in [1.807, 2.05) is 0 Å². The molecule has 1 saturated heterocycles. The van der Waals surface area contributed by atoms with E-state index in [2.05, 4.69) is 0 Å². The molecule has 1 aliphatic rings. The number of piperidine rings is 1. The molecule has 0 unspecified atom stereocenters. The average molecular weight is 314 g/mol. The topological polar surface area (TPSA) is 57.7 Å². The van der Waals surface area contributed by atoms with Crippen LogP contribution in [-0.2, 0) is 14.8 Å². The number of carbonyl (C=O) groups excluding carboxylic acids is 1. The summed E-state index contributed by atoms with van der Waals surface area (Å²) in [5.74, 6) is -0.855. The first kappa shape index (κ1) is 15.9. The van der Waals surface area contributed by atoms with Crippen LogP contribution in [0, 0.1) is 11.7 Å². The van der Waals surface area contributed by atoms with Gasteiger partial charge < -0.3 is 4.90 Å². The van der Waals surface area contributed by atoms with E-state index >= 15 is 0 Å². The van der Waals surface area contributed by atoms with Crippen LogP contribution in [0.3, 0.4) is 0 Å². The summed E-state index contributed by atoms with van der Waals surface area (Å²) < 4.78 is 39.3. The van der Waals surface area contributed by atoms with Gasteiger partial charge in [-0.2, -0.15) is 4.31 Å². The zero-order chi connectivity index (χ0) is 15.6.